The van der Waals surface area contributed by atoms with Crippen molar-refractivity contribution in [3.8, 4) is 6.07 Å². The minimum atomic E-state index is 0.0580. The van der Waals surface area contributed by atoms with Gasteiger partial charge in [0, 0.05) is 31.7 Å². The molecule has 1 aliphatic heterocycles. The summed E-state index contributed by atoms with van der Waals surface area (Å²) in [5, 5.41) is 8.69. The maximum atomic E-state index is 12.1. The molecule has 0 radical (unpaired) electrons. The van der Waals surface area contributed by atoms with Gasteiger partial charge in [0.05, 0.1) is 11.6 Å². The van der Waals surface area contributed by atoms with E-state index in [2.05, 4.69) is 11.9 Å². The number of piperazine rings is 1. The molecule has 1 aromatic carbocycles. The molecular weight excluding hydrogens is 214 g/mol. The Morgan fingerprint density at radius 2 is 1.76 bits per heavy atom. The summed E-state index contributed by atoms with van der Waals surface area (Å²) in [7, 11) is 2.06. The van der Waals surface area contributed by atoms with Gasteiger partial charge in [-0.25, -0.2) is 0 Å². The number of benzene rings is 1. The summed E-state index contributed by atoms with van der Waals surface area (Å²) in [6, 6.07) is 8.86. The highest BCUT2D eigenvalue weighted by Gasteiger charge is 2.19. The molecule has 0 aromatic heterocycles. The minimum Gasteiger partial charge on any atom is -0.336 e. The zero-order valence-electron chi connectivity index (χ0n) is 9.89. The molecule has 1 saturated heterocycles. The Kier molecular flexibility index (Phi) is 3.40. The van der Waals surface area contributed by atoms with Crippen molar-refractivity contribution in [2.75, 3.05) is 33.2 Å². The van der Waals surface area contributed by atoms with Gasteiger partial charge < -0.3 is 9.80 Å². The lowest BCUT2D eigenvalue weighted by molar-refractivity contribution is 0.0664. The van der Waals surface area contributed by atoms with Crippen molar-refractivity contribution in [1.29, 1.82) is 5.26 Å². The third-order valence-corrected chi connectivity index (χ3v) is 3.05. The van der Waals surface area contributed by atoms with Gasteiger partial charge in [0.1, 0.15) is 0 Å². The van der Waals surface area contributed by atoms with Crippen LogP contribution in [0.3, 0.4) is 0 Å². The monoisotopic (exact) mass is 229 g/mol. The fraction of sp³-hybridized carbons (Fsp3) is 0.385. The first-order chi connectivity index (χ1) is 8.20. The number of carbonyl (C=O) groups excluding carboxylic acids is 1. The molecule has 1 fully saturated rings. The van der Waals surface area contributed by atoms with Crippen LogP contribution in [0.1, 0.15) is 15.9 Å². The van der Waals surface area contributed by atoms with Gasteiger partial charge in [0.25, 0.3) is 5.91 Å². The van der Waals surface area contributed by atoms with Crippen LogP contribution in [0, 0.1) is 11.3 Å². The number of amides is 1. The maximum Gasteiger partial charge on any atom is 0.253 e. The number of nitrogens with zero attached hydrogens (tertiary/aromatic N) is 3. The smallest absolute Gasteiger partial charge is 0.253 e. The SMILES string of the molecule is CN1CCN(C(=O)c2ccc(C#N)cc2)CC1. The molecule has 88 valence electrons. The summed E-state index contributed by atoms with van der Waals surface area (Å²) in [4.78, 5) is 16.2. The van der Waals surface area contributed by atoms with Crippen molar-refractivity contribution in [1.82, 2.24) is 9.80 Å². The highest BCUT2D eigenvalue weighted by Crippen LogP contribution is 2.09. The predicted molar refractivity (Wildman–Crippen MR) is 64.6 cm³/mol. The molecule has 0 aliphatic carbocycles. The van der Waals surface area contributed by atoms with Gasteiger partial charge in [-0.15, -0.1) is 0 Å². The Hall–Kier alpha value is -1.86. The first-order valence-corrected chi connectivity index (χ1v) is 5.68. The van der Waals surface area contributed by atoms with E-state index in [0.717, 1.165) is 26.2 Å². The molecule has 0 saturated carbocycles. The lowest BCUT2D eigenvalue weighted by Crippen LogP contribution is -2.47. The molecular formula is C13H15N3O. The Morgan fingerprint density at radius 3 is 2.29 bits per heavy atom. The van der Waals surface area contributed by atoms with Gasteiger partial charge in [-0.2, -0.15) is 5.26 Å². The van der Waals surface area contributed by atoms with Crippen LogP contribution < -0.4 is 0 Å². The molecule has 4 nitrogen and oxygen atoms in total. The topological polar surface area (TPSA) is 47.3 Å². The van der Waals surface area contributed by atoms with Crippen LogP contribution in [0.15, 0.2) is 24.3 Å². The second kappa shape index (κ2) is 4.98. The molecule has 0 spiro atoms. The number of carbonyl (C=O) groups is 1. The van der Waals surface area contributed by atoms with Crippen LogP contribution in [-0.4, -0.2) is 48.9 Å². The van der Waals surface area contributed by atoms with E-state index in [4.69, 9.17) is 5.26 Å². The molecule has 0 atom stereocenters. The van der Waals surface area contributed by atoms with E-state index >= 15 is 0 Å². The summed E-state index contributed by atoms with van der Waals surface area (Å²) in [6.07, 6.45) is 0. The fourth-order valence-corrected chi connectivity index (χ4v) is 1.88. The van der Waals surface area contributed by atoms with Gasteiger partial charge in [0.15, 0.2) is 0 Å². The third-order valence-electron chi connectivity index (χ3n) is 3.05. The van der Waals surface area contributed by atoms with Gasteiger partial charge in [0.2, 0.25) is 0 Å². The zero-order valence-corrected chi connectivity index (χ0v) is 9.89. The maximum absolute atomic E-state index is 12.1. The minimum absolute atomic E-state index is 0.0580. The molecule has 1 amide bonds. The summed E-state index contributed by atoms with van der Waals surface area (Å²) in [5.74, 6) is 0.0580. The van der Waals surface area contributed by atoms with Crippen molar-refractivity contribution in [3.05, 3.63) is 35.4 Å². The van der Waals surface area contributed by atoms with Crippen LogP contribution in [0.25, 0.3) is 0 Å². The van der Waals surface area contributed by atoms with E-state index in [9.17, 15) is 4.79 Å². The first-order valence-electron chi connectivity index (χ1n) is 5.68. The van der Waals surface area contributed by atoms with E-state index in [-0.39, 0.29) is 5.91 Å². The van der Waals surface area contributed by atoms with Crippen molar-refractivity contribution in [3.63, 3.8) is 0 Å². The second-order valence-electron chi connectivity index (χ2n) is 4.28. The number of hydrogen-bond donors (Lipinski definition) is 0. The normalized spacial score (nSPS) is 16.6. The van der Waals surface area contributed by atoms with E-state index in [0.29, 0.717) is 11.1 Å². The van der Waals surface area contributed by atoms with Gasteiger partial charge in [-0.3, -0.25) is 4.79 Å². The highest BCUT2D eigenvalue weighted by atomic mass is 16.2. The average molecular weight is 229 g/mol. The molecule has 17 heavy (non-hydrogen) atoms. The van der Waals surface area contributed by atoms with E-state index < -0.39 is 0 Å². The summed E-state index contributed by atoms with van der Waals surface area (Å²) >= 11 is 0. The summed E-state index contributed by atoms with van der Waals surface area (Å²) in [5.41, 5.74) is 1.24. The number of rotatable bonds is 1. The summed E-state index contributed by atoms with van der Waals surface area (Å²) in [6.45, 7) is 3.38. The Balaban J connectivity index is 2.06. The predicted octanol–water partition coefficient (Wildman–Crippen LogP) is 0.946. The van der Waals surface area contributed by atoms with Crippen molar-refractivity contribution in [2.24, 2.45) is 0 Å². The lowest BCUT2D eigenvalue weighted by atomic mass is 10.1. The van der Waals surface area contributed by atoms with Crippen LogP contribution in [-0.2, 0) is 0 Å². The molecule has 4 heteroatoms. The molecule has 2 rings (SSSR count). The molecule has 0 N–H and O–H groups in total. The first kappa shape index (κ1) is 11.6. The van der Waals surface area contributed by atoms with Crippen LogP contribution in [0.5, 0.6) is 0 Å². The summed E-state index contributed by atoms with van der Waals surface area (Å²) < 4.78 is 0. The van der Waals surface area contributed by atoms with Crippen molar-refractivity contribution < 1.29 is 4.79 Å². The van der Waals surface area contributed by atoms with Crippen LogP contribution in [0.4, 0.5) is 0 Å². The number of nitriles is 1. The quantitative estimate of drug-likeness (QED) is 0.720. The van der Waals surface area contributed by atoms with Gasteiger partial charge in [-0.1, -0.05) is 0 Å². The van der Waals surface area contributed by atoms with Crippen LogP contribution in [0.2, 0.25) is 0 Å². The molecule has 0 bridgehead atoms. The highest BCUT2D eigenvalue weighted by molar-refractivity contribution is 5.94. The standard InChI is InChI=1S/C13H15N3O/c1-15-6-8-16(9-7-15)13(17)12-4-2-11(10-14)3-5-12/h2-5H,6-9H2,1H3. The molecule has 1 heterocycles. The number of hydrogen-bond acceptors (Lipinski definition) is 3. The molecule has 1 aromatic rings. The number of likely N-dealkylation sites (N-methyl/N-ethyl adjacent to an activating group) is 1. The third kappa shape index (κ3) is 2.63. The lowest BCUT2D eigenvalue weighted by Gasteiger charge is -2.32. The van der Waals surface area contributed by atoms with Crippen molar-refractivity contribution >= 4 is 5.91 Å². The molecule has 0 unspecified atom stereocenters. The molecule has 1 aliphatic rings. The van der Waals surface area contributed by atoms with Crippen LogP contribution >= 0.6 is 0 Å². The average Bonchev–Trinajstić information content (AvgIpc) is 2.39. The largest absolute Gasteiger partial charge is 0.336 e. The zero-order chi connectivity index (χ0) is 12.3. The fourth-order valence-electron chi connectivity index (χ4n) is 1.88. The Labute approximate surface area is 101 Å². The second-order valence-corrected chi connectivity index (χ2v) is 4.28. The Morgan fingerprint density at radius 1 is 1.18 bits per heavy atom. The van der Waals surface area contributed by atoms with E-state index in [1.807, 2.05) is 11.0 Å². The van der Waals surface area contributed by atoms with E-state index in [1.54, 1.807) is 24.3 Å². The van der Waals surface area contributed by atoms with E-state index in [1.165, 1.54) is 0 Å². The van der Waals surface area contributed by atoms with Gasteiger partial charge >= 0.3 is 0 Å². The Bertz CT molecular complexity index is 439. The van der Waals surface area contributed by atoms with Gasteiger partial charge in [-0.05, 0) is 31.3 Å². The van der Waals surface area contributed by atoms with Crippen molar-refractivity contribution in [2.45, 2.75) is 0 Å².